The van der Waals surface area contributed by atoms with Gasteiger partial charge in [-0.3, -0.25) is 9.59 Å². The molecule has 1 heterocycles. The predicted octanol–water partition coefficient (Wildman–Crippen LogP) is 3.61. The number of carboxylic acids is 1. The van der Waals surface area contributed by atoms with E-state index in [1.54, 1.807) is 11.8 Å². The summed E-state index contributed by atoms with van der Waals surface area (Å²) in [5, 5.41) is 12.7. The molecule has 1 aliphatic heterocycles. The van der Waals surface area contributed by atoms with Gasteiger partial charge in [0.05, 0.1) is 12.5 Å². The Kier molecular flexibility index (Phi) is 4.74. The van der Waals surface area contributed by atoms with Crippen molar-refractivity contribution in [1.82, 2.24) is 0 Å². The fourth-order valence-corrected chi connectivity index (χ4v) is 3.63. The molecule has 2 atom stereocenters. The van der Waals surface area contributed by atoms with Crippen molar-refractivity contribution in [1.29, 1.82) is 0 Å². The molecule has 2 N–H and O–H groups in total. The smallest absolute Gasteiger partial charge is 0.307 e. The first-order valence-corrected chi connectivity index (χ1v) is 8.42. The number of fused-ring (bicyclic) bond motifs is 1. The maximum atomic E-state index is 12.5. The minimum absolute atomic E-state index is 0.0543. The second kappa shape index (κ2) is 6.97. The molecule has 2 unspecified atom stereocenters. The van der Waals surface area contributed by atoms with Crippen LogP contribution in [-0.4, -0.2) is 23.0 Å². The van der Waals surface area contributed by atoms with Crippen LogP contribution in [-0.2, 0) is 16.0 Å². The van der Waals surface area contributed by atoms with Crippen molar-refractivity contribution in [2.45, 2.75) is 38.8 Å². The number of hydrogen-bond acceptors (Lipinski definition) is 3. The van der Waals surface area contributed by atoms with Gasteiger partial charge in [0.25, 0.3) is 0 Å². The van der Waals surface area contributed by atoms with E-state index in [-0.39, 0.29) is 24.4 Å². The van der Waals surface area contributed by atoms with E-state index < -0.39 is 5.97 Å². The van der Waals surface area contributed by atoms with Crippen molar-refractivity contribution < 1.29 is 14.7 Å². The van der Waals surface area contributed by atoms with Gasteiger partial charge in [0.1, 0.15) is 0 Å². The molecule has 0 radical (unpaired) electrons. The zero-order chi connectivity index (χ0) is 18.0. The zero-order valence-electron chi connectivity index (χ0n) is 14.4. The third kappa shape index (κ3) is 3.50. The Morgan fingerprint density at radius 2 is 1.88 bits per heavy atom. The lowest BCUT2D eigenvalue weighted by molar-refractivity contribution is -0.136. The number of aliphatic carboxylic acids is 1. The van der Waals surface area contributed by atoms with Crippen LogP contribution >= 0.6 is 0 Å². The second-order valence-electron chi connectivity index (χ2n) is 6.47. The molecule has 0 saturated carbocycles. The van der Waals surface area contributed by atoms with Gasteiger partial charge in [-0.05, 0) is 37.1 Å². The Hall–Kier alpha value is -2.82. The van der Waals surface area contributed by atoms with E-state index in [9.17, 15) is 14.7 Å². The second-order valence-corrected chi connectivity index (χ2v) is 6.47. The van der Waals surface area contributed by atoms with Gasteiger partial charge in [-0.1, -0.05) is 30.3 Å². The topological polar surface area (TPSA) is 69.6 Å². The van der Waals surface area contributed by atoms with Gasteiger partial charge in [0.2, 0.25) is 5.91 Å². The maximum Gasteiger partial charge on any atom is 0.307 e. The van der Waals surface area contributed by atoms with Crippen LogP contribution in [0.3, 0.4) is 0 Å². The van der Waals surface area contributed by atoms with Crippen molar-refractivity contribution in [2.75, 3.05) is 10.2 Å². The van der Waals surface area contributed by atoms with Crippen LogP contribution in [0.1, 0.15) is 37.4 Å². The van der Waals surface area contributed by atoms with Crippen molar-refractivity contribution in [3.05, 3.63) is 59.7 Å². The van der Waals surface area contributed by atoms with E-state index in [0.717, 1.165) is 28.9 Å². The van der Waals surface area contributed by atoms with Crippen LogP contribution in [0.5, 0.6) is 0 Å². The largest absolute Gasteiger partial charge is 0.481 e. The van der Waals surface area contributed by atoms with Gasteiger partial charge >= 0.3 is 5.97 Å². The first-order chi connectivity index (χ1) is 12.0. The van der Waals surface area contributed by atoms with Crippen molar-refractivity contribution in [3.8, 4) is 0 Å². The molecular formula is C20H22N2O3. The van der Waals surface area contributed by atoms with E-state index in [4.69, 9.17) is 0 Å². The number of carbonyl (C=O) groups excluding carboxylic acids is 1. The number of amides is 1. The molecule has 25 heavy (non-hydrogen) atoms. The molecule has 1 aliphatic rings. The lowest BCUT2D eigenvalue weighted by Crippen LogP contribution is -2.40. The molecule has 1 amide bonds. The lowest BCUT2D eigenvalue weighted by atomic mass is 9.87. The highest BCUT2D eigenvalue weighted by Gasteiger charge is 2.33. The number of para-hydroxylation sites is 1. The van der Waals surface area contributed by atoms with Crippen LogP contribution in [0.25, 0.3) is 0 Å². The van der Waals surface area contributed by atoms with Crippen LogP contribution in [0.4, 0.5) is 11.4 Å². The number of carboxylic acid groups (broad SMARTS) is 1. The summed E-state index contributed by atoms with van der Waals surface area (Å²) in [7, 11) is 0. The highest BCUT2D eigenvalue weighted by Crippen LogP contribution is 2.41. The molecular weight excluding hydrogens is 316 g/mol. The van der Waals surface area contributed by atoms with Gasteiger partial charge in [0, 0.05) is 29.9 Å². The summed E-state index contributed by atoms with van der Waals surface area (Å²) >= 11 is 0. The van der Waals surface area contributed by atoms with Crippen LogP contribution < -0.4 is 10.2 Å². The molecule has 5 heteroatoms. The first-order valence-electron chi connectivity index (χ1n) is 8.42. The van der Waals surface area contributed by atoms with Crippen molar-refractivity contribution >= 4 is 23.3 Å². The molecule has 0 bridgehead atoms. The summed E-state index contributed by atoms with van der Waals surface area (Å²) in [6, 6.07) is 15.2. The summed E-state index contributed by atoms with van der Waals surface area (Å²) in [6.07, 6.45) is 0.661. The third-order valence-corrected chi connectivity index (χ3v) is 4.54. The summed E-state index contributed by atoms with van der Waals surface area (Å²) in [6.45, 7) is 3.63. The Bertz CT molecular complexity index is 789. The molecule has 2 aromatic rings. The number of hydrogen-bond donors (Lipinski definition) is 2. The quantitative estimate of drug-likeness (QED) is 0.893. The monoisotopic (exact) mass is 338 g/mol. The van der Waals surface area contributed by atoms with Crippen LogP contribution in [0.2, 0.25) is 0 Å². The van der Waals surface area contributed by atoms with E-state index in [1.165, 1.54) is 0 Å². The molecule has 0 spiro atoms. The zero-order valence-corrected chi connectivity index (χ0v) is 14.4. The number of rotatable bonds is 4. The number of nitrogens with one attached hydrogen (secondary N) is 1. The van der Waals surface area contributed by atoms with Gasteiger partial charge in [-0.15, -0.1) is 0 Å². The van der Waals surface area contributed by atoms with Gasteiger partial charge in [0.15, 0.2) is 0 Å². The van der Waals surface area contributed by atoms with E-state index in [0.29, 0.717) is 0 Å². The summed E-state index contributed by atoms with van der Waals surface area (Å²) < 4.78 is 0. The molecule has 0 saturated heterocycles. The molecule has 0 fully saturated rings. The first kappa shape index (κ1) is 17.0. The summed E-state index contributed by atoms with van der Waals surface area (Å²) in [4.78, 5) is 25.6. The number of carbonyl (C=O) groups is 2. The SMILES string of the molecule is CC(=O)N(c1ccccc1)C1CC(C)Nc2cccc(CC(=O)O)c21. The van der Waals surface area contributed by atoms with Crippen LogP contribution in [0, 0.1) is 0 Å². The Balaban J connectivity index is 2.13. The highest BCUT2D eigenvalue weighted by atomic mass is 16.4. The van der Waals surface area contributed by atoms with Crippen LogP contribution in [0.15, 0.2) is 48.5 Å². The fraction of sp³-hybridized carbons (Fsp3) is 0.300. The maximum absolute atomic E-state index is 12.5. The van der Waals surface area contributed by atoms with Gasteiger partial charge in [-0.2, -0.15) is 0 Å². The molecule has 0 aromatic heterocycles. The molecule has 130 valence electrons. The van der Waals surface area contributed by atoms with Crippen molar-refractivity contribution in [2.24, 2.45) is 0 Å². The van der Waals surface area contributed by atoms with Gasteiger partial charge in [-0.25, -0.2) is 0 Å². The standard InChI is InChI=1S/C20H22N2O3/c1-13-11-18(22(14(2)23)16-8-4-3-5-9-16)20-15(12-19(24)25)7-6-10-17(20)21-13/h3-10,13,18,21H,11-12H2,1-2H3,(H,24,25). The molecule has 2 aromatic carbocycles. The Labute approximate surface area is 147 Å². The summed E-state index contributed by atoms with van der Waals surface area (Å²) in [5.74, 6) is -0.929. The minimum atomic E-state index is -0.875. The number of anilines is 2. The predicted molar refractivity (Wildman–Crippen MR) is 97.8 cm³/mol. The lowest BCUT2D eigenvalue weighted by Gasteiger charge is -2.39. The number of benzene rings is 2. The van der Waals surface area contributed by atoms with E-state index in [1.807, 2.05) is 48.5 Å². The molecule has 3 rings (SSSR count). The number of nitrogens with zero attached hydrogens (tertiary/aromatic N) is 1. The Morgan fingerprint density at radius 3 is 2.52 bits per heavy atom. The molecule has 5 nitrogen and oxygen atoms in total. The highest BCUT2D eigenvalue weighted by molar-refractivity contribution is 5.93. The molecule has 0 aliphatic carbocycles. The summed E-state index contributed by atoms with van der Waals surface area (Å²) in [5.41, 5.74) is 3.38. The minimum Gasteiger partial charge on any atom is -0.481 e. The average molecular weight is 338 g/mol. The third-order valence-electron chi connectivity index (χ3n) is 4.54. The fourth-order valence-electron chi connectivity index (χ4n) is 3.63. The average Bonchev–Trinajstić information content (AvgIpc) is 2.54. The van der Waals surface area contributed by atoms with E-state index in [2.05, 4.69) is 12.2 Å². The van der Waals surface area contributed by atoms with Gasteiger partial charge < -0.3 is 15.3 Å². The Morgan fingerprint density at radius 1 is 1.16 bits per heavy atom. The van der Waals surface area contributed by atoms with Crippen molar-refractivity contribution in [3.63, 3.8) is 0 Å². The van der Waals surface area contributed by atoms with E-state index >= 15 is 0 Å². The normalized spacial score (nSPS) is 18.8.